The molecule has 0 fully saturated rings. The fourth-order valence-corrected chi connectivity index (χ4v) is 3.68. The van der Waals surface area contributed by atoms with Crippen molar-refractivity contribution in [2.24, 2.45) is 5.41 Å². The normalized spacial score (nSPS) is 21.2. The highest BCUT2D eigenvalue weighted by molar-refractivity contribution is 7.15. The number of hydrogen-bond acceptors (Lipinski definition) is 3. The van der Waals surface area contributed by atoms with Crippen LogP contribution in [0.25, 0.3) is 10.6 Å². The molecule has 1 aliphatic carbocycles. The van der Waals surface area contributed by atoms with E-state index in [2.05, 4.69) is 18.8 Å². The Hall–Kier alpha value is -1.26. The molecule has 1 unspecified atom stereocenters. The lowest BCUT2D eigenvalue weighted by molar-refractivity contribution is 0.102. The van der Waals surface area contributed by atoms with Gasteiger partial charge in [0, 0.05) is 5.56 Å². The van der Waals surface area contributed by atoms with Gasteiger partial charge in [0.25, 0.3) is 0 Å². The number of nitrogens with zero attached hydrogens (tertiary/aromatic N) is 1. The standard InChI is InChI=1S/C15H16FNOS/c1-15(2)7-11-13(12(18)8-15)19-14(17-11)9-3-5-10(16)6-4-9/h3-6,12,18H,7-8H2,1-2H3. The van der Waals surface area contributed by atoms with Crippen molar-refractivity contribution in [2.45, 2.75) is 32.8 Å². The van der Waals surface area contributed by atoms with Gasteiger partial charge in [-0.1, -0.05) is 13.8 Å². The predicted octanol–water partition coefficient (Wildman–Crippen LogP) is 3.96. The Balaban J connectivity index is 2.01. The topological polar surface area (TPSA) is 33.1 Å². The summed E-state index contributed by atoms with van der Waals surface area (Å²) in [4.78, 5) is 5.60. The van der Waals surface area contributed by atoms with E-state index < -0.39 is 6.10 Å². The van der Waals surface area contributed by atoms with Crippen LogP contribution in [0, 0.1) is 11.2 Å². The zero-order chi connectivity index (χ0) is 13.6. The van der Waals surface area contributed by atoms with Crippen LogP contribution in [0.15, 0.2) is 24.3 Å². The minimum Gasteiger partial charge on any atom is -0.387 e. The maximum Gasteiger partial charge on any atom is 0.123 e. The summed E-state index contributed by atoms with van der Waals surface area (Å²) < 4.78 is 12.9. The van der Waals surface area contributed by atoms with Crippen LogP contribution in [0.3, 0.4) is 0 Å². The highest BCUT2D eigenvalue weighted by Crippen LogP contribution is 2.44. The summed E-state index contributed by atoms with van der Waals surface area (Å²) in [6.07, 6.45) is 1.23. The lowest BCUT2D eigenvalue weighted by atomic mass is 9.77. The molecule has 1 N–H and O–H groups in total. The Morgan fingerprint density at radius 1 is 1.32 bits per heavy atom. The van der Waals surface area contributed by atoms with E-state index in [1.807, 2.05) is 0 Å². The third-order valence-corrected chi connectivity index (χ3v) is 4.76. The third kappa shape index (κ3) is 2.42. The third-order valence-electron chi connectivity index (χ3n) is 3.51. The Bertz CT molecular complexity index is 603. The molecule has 0 saturated heterocycles. The molecular formula is C15H16FNOS. The molecule has 0 aliphatic heterocycles. The van der Waals surface area contributed by atoms with Gasteiger partial charge in [0.1, 0.15) is 10.8 Å². The number of aromatic nitrogens is 1. The molecule has 4 heteroatoms. The Kier molecular flexibility index (Phi) is 2.95. The molecule has 0 spiro atoms. The van der Waals surface area contributed by atoms with Crippen LogP contribution in [0.5, 0.6) is 0 Å². The van der Waals surface area contributed by atoms with Crippen molar-refractivity contribution in [1.29, 1.82) is 0 Å². The summed E-state index contributed by atoms with van der Waals surface area (Å²) >= 11 is 1.52. The number of benzene rings is 1. The molecule has 0 bridgehead atoms. The van der Waals surface area contributed by atoms with E-state index in [-0.39, 0.29) is 11.2 Å². The van der Waals surface area contributed by atoms with Crippen molar-refractivity contribution in [1.82, 2.24) is 4.98 Å². The summed E-state index contributed by atoms with van der Waals surface area (Å²) in [6.45, 7) is 4.30. The number of thiazole rings is 1. The van der Waals surface area contributed by atoms with E-state index in [9.17, 15) is 9.50 Å². The minimum absolute atomic E-state index is 0.0839. The van der Waals surface area contributed by atoms with Crippen LogP contribution in [-0.2, 0) is 6.42 Å². The van der Waals surface area contributed by atoms with E-state index in [1.165, 1.54) is 23.5 Å². The molecule has 0 radical (unpaired) electrons. The van der Waals surface area contributed by atoms with Crippen molar-refractivity contribution >= 4 is 11.3 Å². The van der Waals surface area contributed by atoms with Gasteiger partial charge in [0.2, 0.25) is 0 Å². The molecule has 0 saturated carbocycles. The summed E-state index contributed by atoms with van der Waals surface area (Å²) in [7, 11) is 0. The van der Waals surface area contributed by atoms with Gasteiger partial charge in [0.05, 0.1) is 16.7 Å². The maximum absolute atomic E-state index is 12.9. The molecule has 0 amide bonds. The average Bonchev–Trinajstić information content (AvgIpc) is 2.72. The molecule has 1 atom stereocenters. The van der Waals surface area contributed by atoms with Crippen molar-refractivity contribution < 1.29 is 9.50 Å². The first kappa shape index (κ1) is 12.8. The van der Waals surface area contributed by atoms with Crippen LogP contribution < -0.4 is 0 Å². The predicted molar refractivity (Wildman–Crippen MR) is 74.6 cm³/mol. The van der Waals surface area contributed by atoms with Gasteiger partial charge in [-0.25, -0.2) is 9.37 Å². The molecule has 2 nitrogen and oxygen atoms in total. The van der Waals surface area contributed by atoms with Crippen molar-refractivity contribution in [3.05, 3.63) is 40.7 Å². The monoisotopic (exact) mass is 277 g/mol. The highest BCUT2D eigenvalue weighted by Gasteiger charge is 2.34. The Morgan fingerprint density at radius 3 is 2.68 bits per heavy atom. The first-order valence-electron chi connectivity index (χ1n) is 6.38. The SMILES string of the molecule is CC1(C)Cc2nc(-c3ccc(F)cc3)sc2C(O)C1. The van der Waals surface area contributed by atoms with E-state index in [0.717, 1.165) is 34.0 Å². The minimum atomic E-state index is -0.426. The van der Waals surface area contributed by atoms with Gasteiger partial charge < -0.3 is 5.11 Å². The van der Waals surface area contributed by atoms with Gasteiger partial charge in [-0.3, -0.25) is 0 Å². The van der Waals surface area contributed by atoms with Crippen molar-refractivity contribution in [3.63, 3.8) is 0 Å². The second-order valence-electron chi connectivity index (χ2n) is 5.90. The van der Waals surface area contributed by atoms with E-state index in [0.29, 0.717) is 0 Å². The maximum atomic E-state index is 12.9. The van der Waals surface area contributed by atoms with Gasteiger partial charge in [0.15, 0.2) is 0 Å². The number of fused-ring (bicyclic) bond motifs is 1. The fourth-order valence-electron chi connectivity index (χ4n) is 2.61. The Labute approximate surface area is 115 Å². The summed E-state index contributed by atoms with van der Waals surface area (Å²) in [5.74, 6) is -0.244. The number of aliphatic hydroxyl groups is 1. The lowest BCUT2D eigenvalue weighted by Crippen LogP contribution is -2.24. The van der Waals surface area contributed by atoms with Crippen LogP contribution in [0.1, 0.15) is 36.9 Å². The van der Waals surface area contributed by atoms with E-state index in [4.69, 9.17) is 0 Å². The fraction of sp³-hybridized carbons (Fsp3) is 0.400. The molecule has 1 aromatic heterocycles. The zero-order valence-electron chi connectivity index (χ0n) is 11.0. The molecule has 100 valence electrons. The largest absolute Gasteiger partial charge is 0.387 e. The molecular weight excluding hydrogens is 261 g/mol. The molecule has 1 aliphatic rings. The van der Waals surface area contributed by atoms with Crippen LogP contribution in [0.4, 0.5) is 4.39 Å². The van der Waals surface area contributed by atoms with Crippen molar-refractivity contribution in [3.8, 4) is 10.6 Å². The van der Waals surface area contributed by atoms with E-state index in [1.54, 1.807) is 12.1 Å². The van der Waals surface area contributed by atoms with Crippen molar-refractivity contribution in [2.75, 3.05) is 0 Å². The molecule has 1 aromatic carbocycles. The van der Waals surface area contributed by atoms with Gasteiger partial charge >= 0.3 is 0 Å². The lowest BCUT2D eigenvalue weighted by Gasteiger charge is -2.31. The van der Waals surface area contributed by atoms with Gasteiger partial charge in [-0.15, -0.1) is 11.3 Å². The first-order chi connectivity index (χ1) is 8.94. The number of hydrogen-bond donors (Lipinski definition) is 1. The van der Waals surface area contributed by atoms with Gasteiger partial charge in [-0.05, 0) is 42.5 Å². The Morgan fingerprint density at radius 2 is 2.00 bits per heavy atom. The van der Waals surface area contributed by atoms with Crippen LogP contribution in [0.2, 0.25) is 0 Å². The number of aliphatic hydroxyl groups excluding tert-OH is 1. The molecule has 1 heterocycles. The average molecular weight is 277 g/mol. The second-order valence-corrected chi connectivity index (χ2v) is 6.93. The molecule has 3 rings (SSSR count). The summed E-state index contributed by atoms with van der Waals surface area (Å²) in [5, 5.41) is 11.1. The van der Waals surface area contributed by atoms with Gasteiger partial charge in [-0.2, -0.15) is 0 Å². The number of halogens is 1. The first-order valence-corrected chi connectivity index (χ1v) is 7.20. The van der Waals surface area contributed by atoms with E-state index >= 15 is 0 Å². The summed E-state index contributed by atoms with van der Waals surface area (Å²) in [6, 6.07) is 6.35. The molecule has 19 heavy (non-hydrogen) atoms. The summed E-state index contributed by atoms with van der Waals surface area (Å²) in [5.41, 5.74) is 1.99. The van der Waals surface area contributed by atoms with Crippen LogP contribution in [-0.4, -0.2) is 10.1 Å². The number of rotatable bonds is 1. The highest BCUT2D eigenvalue weighted by atomic mass is 32.1. The molecule has 2 aromatic rings. The van der Waals surface area contributed by atoms with Crippen LogP contribution >= 0.6 is 11.3 Å². The quantitative estimate of drug-likeness (QED) is 0.856. The smallest absolute Gasteiger partial charge is 0.123 e. The second kappa shape index (κ2) is 4.39. The zero-order valence-corrected chi connectivity index (χ0v) is 11.8.